The third-order valence-electron chi connectivity index (χ3n) is 3.66. The molecule has 10 nitrogen and oxygen atoms in total. The second-order valence-corrected chi connectivity index (χ2v) is 5.09. The summed E-state index contributed by atoms with van der Waals surface area (Å²) in [6.07, 6.45) is 2.30. The number of amides is 2. The van der Waals surface area contributed by atoms with Crippen LogP contribution in [0, 0.1) is 0 Å². The number of aromatic nitrogens is 5. The van der Waals surface area contributed by atoms with Crippen LogP contribution >= 0.6 is 0 Å². The molecule has 120 valence electrons. The van der Waals surface area contributed by atoms with E-state index in [1.807, 2.05) is 0 Å². The maximum Gasteiger partial charge on any atom is 0.407 e. The largest absolute Gasteiger partial charge is 0.465 e. The van der Waals surface area contributed by atoms with Gasteiger partial charge in [0, 0.05) is 31.9 Å². The van der Waals surface area contributed by atoms with Crippen molar-refractivity contribution in [2.75, 3.05) is 26.2 Å². The molecule has 2 aromatic rings. The molecule has 0 saturated carbocycles. The summed E-state index contributed by atoms with van der Waals surface area (Å²) in [6, 6.07) is 3.54. The van der Waals surface area contributed by atoms with E-state index in [1.165, 1.54) is 15.9 Å². The number of piperazine rings is 1. The number of pyridine rings is 1. The van der Waals surface area contributed by atoms with E-state index in [2.05, 4.69) is 20.5 Å². The predicted octanol–water partition coefficient (Wildman–Crippen LogP) is -0.578. The fraction of sp³-hybridized carbons (Fsp3) is 0.385. The predicted molar refractivity (Wildman–Crippen MR) is 76.8 cm³/mol. The van der Waals surface area contributed by atoms with Gasteiger partial charge >= 0.3 is 6.09 Å². The van der Waals surface area contributed by atoms with Crippen LogP contribution in [0.1, 0.15) is 5.69 Å². The quantitative estimate of drug-likeness (QED) is 0.805. The van der Waals surface area contributed by atoms with Gasteiger partial charge in [0.25, 0.3) is 0 Å². The van der Waals surface area contributed by atoms with Crippen LogP contribution < -0.4 is 0 Å². The molecule has 2 amide bonds. The fourth-order valence-corrected chi connectivity index (χ4v) is 2.35. The maximum absolute atomic E-state index is 12.2. The van der Waals surface area contributed by atoms with Crippen molar-refractivity contribution in [3.63, 3.8) is 0 Å². The molecule has 1 aliphatic heterocycles. The van der Waals surface area contributed by atoms with Gasteiger partial charge in [0.1, 0.15) is 6.33 Å². The molecule has 3 rings (SSSR count). The molecule has 1 aliphatic rings. The summed E-state index contributed by atoms with van der Waals surface area (Å²) in [5.74, 6) is -0.0577. The summed E-state index contributed by atoms with van der Waals surface area (Å²) in [5.41, 5.74) is 1.36. The lowest BCUT2D eigenvalue weighted by atomic mass is 10.2. The first-order valence-electron chi connectivity index (χ1n) is 7.07. The topological polar surface area (TPSA) is 117 Å². The average Bonchev–Trinajstić information content (AvgIpc) is 3.10. The van der Waals surface area contributed by atoms with E-state index in [1.54, 1.807) is 23.2 Å². The molecule has 0 bridgehead atoms. The monoisotopic (exact) mass is 317 g/mol. The van der Waals surface area contributed by atoms with Crippen LogP contribution in [0.25, 0.3) is 5.69 Å². The summed E-state index contributed by atoms with van der Waals surface area (Å²) in [6.45, 7) is 1.50. The van der Waals surface area contributed by atoms with Crippen molar-refractivity contribution in [2.24, 2.45) is 0 Å². The Morgan fingerprint density at radius 2 is 1.87 bits per heavy atom. The average molecular weight is 317 g/mol. The van der Waals surface area contributed by atoms with Gasteiger partial charge in [-0.25, -0.2) is 4.79 Å². The second-order valence-electron chi connectivity index (χ2n) is 5.09. The highest BCUT2D eigenvalue weighted by Gasteiger charge is 2.23. The van der Waals surface area contributed by atoms with E-state index in [-0.39, 0.29) is 12.3 Å². The van der Waals surface area contributed by atoms with Crippen molar-refractivity contribution < 1.29 is 14.7 Å². The molecule has 1 fully saturated rings. The van der Waals surface area contributed by atoms with Crippen LogP contribution in [0.4, 0.5) is 4.79 Å². The van der Waals surface area contributed by atoms with Crippen LogP contribution in [0.5, 0.6) is 0 Å². The van der Waals surface area contributed by atoms with Gasteiger partial charge in [-0.15, -0.1) is 5.10 Å². The summed E-state index contributed by atoms with van der Waals surface area (Å²) >= 11 is 0. The second kappa shape index (κ2) is 6.38. The Balaban J connectivity index is 1.57. The molecule has 0 aromatic carbocycles. The number of rotatable bonds is 3. The zero-order valence-electron chi connectivity index (χ0n) is 12.2. The highest BCUT2D eigenvalue weighted by molar-refractivity contribution is 5.78. The van der Waals surface area contributed by atoms with Crippen molar-refractivity contribution in [2.45, 2.75) is 6.42 Å². The van der Waals surface area contributed by atoms with Crippen molar-refractivity contribution in [1.82, 2.24) is 35.0 Å². The van der Waals surface area contributed by atoms with Gasteiger partial charge in [0.2, 0.25) is 5.91 Å². The molecule has 0 unspecified atom stereocenters. The van der Waals surface area contributed by atoms with Gasteiger partial charge in [0.05, 0.1) is 18.3 Å². The molecule has 23 heavy (non-hydrogen) atoms. The first-order valence-corrected chi connectivity index (χ1v) is 7.07. The third-order valence-corrected chi connectivity index (χ3v) is 3.66. The zero-order valence-corrected chi connectivity index (χ0v) is 12.2. The standard InChI is InChI=1S/C13H15N7O3/c21-12(18-3-5-19(6-4-18)13(22)23)7-10-1-2-11(8-14-10)20-9-15-16-17-20/h1-2,8-9H,3-7H2,(H,22,23). The van der Waals surface area contributed by atoms with E-state index in [9.17, 15) is 9.59 Å². The number of carbonyl (C=O) groups is 2. The minimum atomic E-state index is -0.947. The van der Waals surface area contributed by atoms with Gasteiger partial charge in [-0.2, -0.15) is 4.68 Å². The molecule has 10 heteroatoms. The van der Waals surface area contributed by atoms with Crippen molar-refractivity contribution in [3.8, 4) is 5.69 Å². The summed E-state index contributed by atoms with van der Waals surface area (Å²) in [7, 11) is 0. The molecule has 0 radical (unpaired) electrons. The van der Waals surface area contributed by atoms with E-state index in [4.69, 9.17) is 5.11 Å². The highest BCUT2D eigenvalue weighted by atomic mass is 16.4. The number of carbonyl (C=O) groups excluding carboxylic acids is 1. The number of hydrogen-bond acceptors (Lipinski definition) is 6. The first-order chi connectivity index (χ1) is 11.1. The van der Waals surface area contributed by atoms with Gasteiger partial charge in [0.15, 0.2) is 0 Å². The summed E-state index contributed by atoms with van der Waals surface area (Å²) in [5, 5.41) is 19.8. The minimum absolute atomic E-state index is 0.0577. The van der Waals surface area contributed by atoms with Crippen molar-refractivity contribution in [3.05, 3.63) is 30.4 Å². The van der Waals surface area contributed by atoms with Gasteiger partial charge in [-0.1, -0.05) is 0 Å². The Morgan fingerprint density at radius 3 is 2.43 bits per heavy atom. The van der Waals surface area contributed by atoms with Crippen LogP contribution in [-0.2, 0) is 11.2 Å². The molecule has 2 aromatic heterocycles. The fourth-order valence-electron chi connectivity index (χ4n) is 2.35. The smallest absolute Gasteiger partial charge is 0.407 e. The van der Waals surface area contributed by atoms with Gasteiger partial charge < -0.3 is 14.9 Å². The normalized spacial score (nSPS) is 14.8. The Bertz CT molecular complexity index is 678. The van der Waals surface area contributed by atoms with Gasteiger partial charge in [-0.3, -0.25) is 9.78 Å². The lowest BCUT2D eigenvalue weighted by Crippen LogP contribution is -2.50. The SMILES string of the molecule is O=C(O)N1CCN(C(=O)Cc2ccc(-n3cnnn3)cn2)CC1. The summed E-state index contributed by atoms with van der Waals surface area (Å²) < 4.78 is 1.48. The van der Waals surface area contributed by atoms with E-state index < -0.39 is 6.09 Å². The highest BCUT2D eigenvalue weighted by Crippen LogP contribution is 2.08. The van der Waals surface area contributed by atoms with Crippen LogP contribution in [0.3, 0.4) is 0 Å². The van der Waals surface area contributed by atoms with E-state index in [0.29, 0.717) is 37.6 Å². The molecule has 1 saturated heterocycles. The Kier molecular flexibility index (Phi) is 4.13. The van der Waals surface area contributed by atoms with Crippen LogP contribution in [0.2, 0.25) is 0 Å². The minimum Gasteiger partial charge on any atom is -0.465 e. The van der Waals surface area contributed by atoms with E-state index >= 15 is 0 Å². The van der Waals surface area contributed by atoms with Crippen molar-refractivity contribution >= 4 is 12.0 Å². The molecular weight excluding hydrogens is 302 g/mol. The number of carboxylic acid groups (broad SMARTS) is 1. The molecule has 3 heterocycles. The maximum atomic E-state index is 12.2. The third kappa shape index (κ3) is 3.42. The Labute approximate surface area is 131 Å². The zero-order chi connectivity index (χ0) is 16.2. The molecular formula is C13H15N7O3. The molecule has 1 N–H and O–H groups in total. The number of hydrogen-bond donors (Lipinski definition) is 1. The van der Waals surface area contributed by atoms with E-state index in [0.717, 1.165) is 0 Å². The summed E-state index contributed by atoms with van der Waals surface area (Å²) in [4.78, 5) is 30.3. The van der Waals surface area contributed by atoms with Gasteiger partial charge in [-0.05, 0) is 22.6 Å². The molecule has 0 atom stereocenters. The van der Waals surface area contributed by atoms with Crippen LogP contribution in [-0.4, -0.2) is 78.3 Å². The van der Waals surface area contributed by atoms with Crippen molar-refractivity contribution in [1.29, 1.82) is 0 Å². The lowest BCUT2D eigenvalue weighted by Gasteiger charge is -2.33. The molecule has 0 spiro atoms. The first kappa shape index (κ1) is 14.9. The van der Waals surface area contributed by atoms with Crippen LogP contribution in [0.15, 0.2) is 24.7 Å². The number of tetrazole rings is 1. The Morgan fingerprint density at radius 1 is 1.13 bits per heavy atom. The number of nitrogens with zero attached hydrogens (tertiary/aromatic N) is 7. The lowest BCUT2D eigenvalue weighted by molar-refractivity contribution is -0.132. The Hall–Kier alpha value is -3.04. The molecule has 0 aliphatic carbocycles.